The molecule has 1 rings (SSSR count). The summed E-state index contributed by atoms with van der Waals surface area (Å²) in [6, 6.07) is 0. The SMILES string of the molecule is [N-]=[N+]=NC1C[C@@H](O)[C@@H](CO)O1. The lowest BCUT2D eigenvalue weighted by atomic mass is 10.2. The minimum atomic E-state index is -0.726. The van der Waals surface area contributed by atoms with Gasteiger partial charge in [0.2, 0.25) is 0 Å². The number of aliphatic hydroxyl groups is 2. The molecule has 1 saturated heterocycles. The quantitative estimate of drug-likeness (QED) is 0.330. The van der Waals surface area contributed by atoms with E-state index in [1.165, 1.54) is 0 Å². The molecule has 0 bridgehead atoms. The third-order valence-electron chi connectivity index (χ3n) is 1.56. The van der Waals surface area contributed by atoms with Gasteiger partial charge in [0.25, 0.3) is 0 Å². The molecule has 0 radical (unpaired) electrons. The highest BCUT2D eigenvalue weighted by Gasteiger charge is 2.32. The van der Waals surface area contributed by atoms with E-state index in [-0.39, 0.29) is 13.0 Å². The van der Waals surface area contributed by atoms with Crippen LogP contribution in [-0.4, -0.2) is 35.3 Å². The van der Waals surface area contributed by atoms with Crippen LogP contribution >= 0.6 is 0 Å². The van der Waals surface area contributed by atoms with Crippen LogP contribution in [0.25, 0.3) is 10.4 Å². The van der Waals surface area contributed by atoms with E-state index >= 15 is 0 Å². The van der Waals surface area contributed by atoms with Gasteiger partial charge in [0, 0.05) is 11.3 Å². The van der Waals surface area contributed by atoms with Gasteiger partial charge < -0.3 is 14.9 Å². The molecule has 1 aliphatic heterocycles. The van der Waals surface area contributed by atoms with Crippen LogP contribution in [0.15, 0.2) is 5.11 Å². The summed E-state index contributed by atoms with van der Waals surface area (Å²) >= 11 is 0. The lowest BCUT2D eigenvalue weighted by molar-refractivity contribution is -0.0198. The zero-order valence-electron chi connectivity index (χ0n) is 5.79. The third-order valence-corrected chi connectivity index (χ3v) is 1.56. The van der Waals surface area contributed by atoms with Crippen molar-refractivity contribution in [3.8, 4) is 0 Å². The average molecular weight is 159 g/mol. The zero-order valence-corrected chi connectivity index (χ0v) is 5.79. The fraction of sp³-hybridized carbons (Fsp3) is 1.00. The molecule has 3 atom stereocenters. The molecule has 0 aromatic carbocycles. The van der Waals surface area contributed by atoms with E-state index in [4.69, 9.17) is 20.5 Å². The van der Waals surface area contributed by atoms with E-state index in [9.17, 15) is 0 Å². The molecular formula is C5H9N3O3. The molecule has 0 aromatic heterocycles. The Morgan fingerprint density at radius 2 is 2.45 bits per heavy atom. The van der Waals surface area contributed by atoms with E-state index < -0.39 is 18.4 Å². The predicted octanol–water partition coefficient (Wildman–Crippen LogP) is -0.235. The van der Waals surface area contributed by atoms with Gasteiger partial charge in [-0.3, -0.25) is 0 Å². The van der Waals surface area contributed by atoms with Crippen molar-refractivity contribution < 1.29 is 14.9 Å². The standard InChI is InChI=1S/C5H9N3O3/c6-8-7-5-1-3(10)4(2-9)11-5/h3-5,9-10H,1-2H2/t3-,4-,5?/m1/s1. The molecule has 2 N–H and O–H groups in total. The summed E-state index contributed by atoms with van der Waals surface area (Å²) in [5.74, 6) is 0. The smallest absolute Gasteiger partial charge is 0.139 e. The average Bonchev–Trinajstić information content (AvgIpc) is 2.32. The van der Waals surface area contributed by atoms with Gasteiger partial charge in [-0.2, -0.15) is 0 Å². The van der Waals surface area contributed by atoms with Crippen LogP contribution in [0.3, 0.4) is 0 Å². The molecule has 0 saturated carbocycles. The second-order valence-corrected chi connectivity index (χ2v) is 2.32. The Morgan fingerprint density at radius 1 is 1.73 bits per heavy atom. The van der Waals surface area contributed by atoms with E-state index in [1.54, 1.807) is 0 Å². The fourth-order valence-electron chi connectivity index (χ4n) is 1.00. The topological polar surface area (TPSA) is 98.5 Å². The van der Waals surface area contributed by atoms with Crippen molar-refractivity contribution in [2.75, 3.05) is 6.61 Å². The maximum Gasteiger partial charge on any atom is 0.139 e. The molecule has 6 heteroatoms. The van der Waals surface area contributed by atoms with E-state index in [2.05, 4.69) is 10.0 Å². The minimum absolute atomic E-state index is 0.251. The zero-order chi connectivity index (χ0) is 8.27. The Hall–Kier alpha value is -0.810. The Bertz CT molecular complexity index is 180. The van der Waals surface area contributed by atoms with Crippen LogP contribution < -0.4 is 0 Å². The summed E-state index contributed by atoms with van der Waals surface area (Å²) in [6.45, 7) is -0.251. The molecule has 11 heavy (non-hydrogen) atoms. The molecule has 0 amide bonds. The number of ether oxygens (including phenoxy) is 1. The first kappa shape index (κ1) is 8.29. The lowest BCUT2D eigenvalue weighted by Crippen LogP contribution is -2.24. The summed E-state index contributed by atoms with van der Waals surface area (Å²) in [5, 5.41) is 21.0. The maximum absolute atomic E-state index is 9.12. The van der Waals surface area contributed by atoms with Gasteiger partial charge in [-0.05, 0) is 5.53 Å². The highest BCUT2D eigenvalue weighted by atomic mass is 16.5. The first-order valence-corrected chi connectivity index (χ1v) is 3.26. The number of hydrogen-bond donors (Lipinski definition) is 2. The van der Waals surface area contributed by atoms with Gasteiger partial charge in [0.1, 0.15) is 12.3 Å². The fourth-order valence-corrected chi connectivity index (χ4v) is 1.00. The molecule has 0 spiro atoms. The Balaban J connectivity index is 2.48. The van der Waals surface area contributed by atoms with Gasteiger partial charge in [-0.1, -0.05) is 5.11 Å². The number of hydrogen-bond acceptors (Lipinski definition) is 4. The molecular weight excluding hydrogens is 150 g/mol. The number of aliphatic hydroxyl groups excluding tert-OH is 2. The minimum Gasteiger partial charge on any atom is -0.394 e. The third kappa shape index (κ3) is 1.81. The molecule has 1 fully saturated rings. The van der Waals surface area contributed by atoms with Gasteiger partial charge in [-0.15, -0.1) is 0 Å². The molecule has 1 unspecified atom stereocenters. The second-order valence-electron chi connectivity index (χ2n) is 2.32. The van der Waals surface area contributed by atoms with Crippen molar-refractivity contribution in [2.45, 2.75) is 24.9 Å². The van der Waals surface area contributed by atoms with Crippen LogP contribution in [0.5, 0.6) is 0 Å². The Morgan fingerprint density at radius 3 is 2.91 bits per heavy atom. The van der Waals surface area contributed by atoms with E-state index in [0.29, 0.717) is 0 Å². The van der Waals surface area contributed by atoms with Crippen LogP contribution in [0.2, 0.25) is 0 Å². The summed E-state index contributed by atoms with van der Waals surface area (Å²) in [7, 11) is 0. The highest BCUT2D eigenvalue weighted by Crippen LogP contribution is 2.20. The molecule has 1 heterocycles. The predicted molar refractivity (Wildman–Crippen MR) is 35.5 cm³/mol. The lowest BCUT2D eigenvalue weighted by Gasteiger charge is -2.08. The van der Waals surface area contributed by atoms with Gasteiger partial charge in [0.05, 0.1) is 12.7 Å². The monoisotopic (exact) mass is 159 g/mol. The van der Waals surface area contributed by atoms with Crippen molar-refractivity contribution in [3.05, 3.63) is 10.4 Å². The molecule has 0 aliphatic carbocycles. The Kier molecular flexibility index (Phi) is 2.67. The van der Waals surface area contributed by atoms with Gasteiger partial charge in [0.15, 0.2) is 0 Å². The maximum atomic E-state index is 9.12. The molecule has 62 valence electrons. The van der Waals surface area contributed by atoms with E-state index in [1.807, 2.05) is 0 Å². The Labute approximate surface area is 63.0 Å². The summed E-state index contributed by atoms with van der Waals surface area (Å²) in [5.41, 5.74) is 8.01. The summed E-state index contributed by atoms with van der Waals surface area (Å²) < 4.78 is 4.94. The normalized spacial score (nSPS) is 36.7. The van der Waals surface area contributed by atoms with Crippen molar-refractivity contribution in [1.82, 2.24) is 0 Å². The number of nitrogens with zero attached hydrogens (tertiary/aromatic N) is 3. The van der Waals surface area contributed by atoms with Crippen molar-refractivity contribution in [2.24, 2.45) is 5.11 Å². The first-order valence-electron chi connectivity index (χ1n) is 3.26. The molecule has 1 aliphatic rings. The van der Waals surface area contributed by atoms with Crippen molar-refractivity contribution in [3.63, 3.8) is 0 Å². The summed E-state index contributed by atoms with van der Waals surface area (Å²) in [4.78, 5) is 2.53. The van der Waals surface area contributed by atoms with Gasteiger partial charge in [-0.25, -0.2) is 0 Å². The van der Waals surface area contributed by atoms with E-state index in [0.717, 1.165) is 0 Å². The van der Waals surface area contributed by atoms with Crippen LogP contribution in [-0.2, 0) is 4.74 Å². The highest BCUT2D eigenvalue weighted by molar-refractivity contribution is 4.80. The van der Waals surface area contributed by atoms with Crippen LogP contribution in [0.1, 0.15) is 6.42 Å². The largest absolute Gasteiger partial charge is 0.394 e. The second kappa shape index (κ2) is 3.54. The van der Waals surface area contributed by atoms with Gasteiger partial charge >= 0.3 is 0 Å². The number of azide groups is 1. The molecule has 0 aromatic rings. The van der Waals surface area contributed by atoms with Crippen LogP contribution in [0, 0.1) is 0 Å². The van der Waals surface area contributed by atoms with Crippen molar-refractivity contribution >= 4 is 0 Å². The summed E-state index contributed by atoms with van der Waals surface area (Å²) in [6.07, 6.45) is -1.71. The first-order chi connectivity index (χ1) is 5.27. The molecule has 6 nitrogen and oxygen atoms in total. The van der Waals surface area contributed by atoms with Crippen molar-refractivity contribution in [1.29, 1.82) is 0 Å². The number of rotatable bonds is 2. The van der Waals surface area contributed by atoms with Crippen LogP contribution in [0.4, 0.5) is 0 Å².